The summed E-state index contributed by atoms with van der Waals surface area (Å²) in [5.41, 5.74) is 1.73. The van der Waals surface area contributed by atoms with E-state index in [9.17, 15) is 9.59 Å². The number of ether oxygens (including phenoxy) is 1. The van der Waals surface area contributed by atoms with Gasteiger partial charge in [0, 0.05) is 11.9 Å². The van der Waals surface area contributed by atoms with Gasteiger partial charge in [-0.1, -0.05) is 32.0 Å². The molecule has 0 saturated heterocycles. The van der Waals surface area contributed by atoms with E-state index >= 15 is 0 Å². The summed E-state index contributed by atoms with van der Waals surface area (Å²) < 4.78 is 5.37. The van der Waals surface area contributed by atoms with Crippen LogP contribution in [0, 0.1) is 0 Å². The first-order valence-electron chi connectivity index (χ1n) is 10.5. The summed E-state index contributed by atoms with van der Waals surface area (Å²) in [7, 11) is 1.65. The van der Waals surface area contributed by atoms with Gasteiger partial charge < -0.3 is 10.1 Å². The van der Waals surface area contributed by atoms with Crippen molar-refractivity contribution in [1.82, 2.24) is 15.2 Å². The minimum Gasteiger partial charge on any atom is -0.497 e. The number of hydrogen-bond acceptors (Lipinski definition) is 7. The van der Waals surface area contributed by atoms with Crippen molar-refractivity contribution >= 4 is 39.6 Å². The molecule has 0 aliphatic carbocycles. The third-order valence-electron chi connectivity index (χ3n) is 5.08. The molecule has 0 fully saturated rings. The molecule has 2 N–H and O–H groups in total. The van der Waals surface area contributed by atoms with Crippen LogP contribution in [0.1, 0.15) is 40.8 Å². The summed E-state index contributed by atoms with van der Waals surface area (Å²) in [5, 5.41) is 9.96. The number of aromatic nitrogens is 1. The van der Waals surface area contributed by atoms with E-state index < -0.39 is 0 Å². The first-order valence-corrected chi connectivity index (χ1v) is 12.2. The molecular formula is C23H28N4O3S2. The summed E-state index contributed by atoms with van der Waals surface area (Å²) in [6.07, 6.45) is 0.161. The SMILES string of the molecule is CCN(CC)C(CNC(=O)Cc1csc(NC(=O)c2cccs2)n1)c1cccc(OC)c1. The van der Waals surface area contributed by atoms with Gasteiger partial charge in [0.15, 0.2) is 5.13 Å². The van der Waals surface area contributed by atoms with Crippen LogP contribution in [0.25, 0.3) is 0 Å². The first kappa shape index (κ1) is 23.9. The molecule has 2 aromatic heterocycles. The minimum atomic E-state index is -0.189. The molecular weight excluding hydrogens is 444 g/mol. The van der Waals surface area contributed by atoms with Gasteiger partial charge in [-0.3, -0.25) is 19.8 Å². The van der Waals surface area contributed by atoms with Crippen LogP contribution in [0.5, 0.6) is 5.75 Å². The molecule has 2 amide bonds. The average Bonchev–Trinajstić information content (AvgIpc) is 3.49. The van der Waals surface area contributed by atoms with E-state index in [1.54, 1.807) is 18.6 Å². The molecule has 2 heterocycles. The van der Waals surface area contributed by atoms with Crippen molar-refractivity contribution < 1.29 is 14.3 Å². The van der Waals surface area contributed by atoms with E-state index in [2.05, 4.69) is 40.4 Å². The van der Waals surface area contributed by atoms with E-state index in [4.69, 9.17) is 4.74 Å². The molecule has 1 aromatic carbocycles. The van der Waals surface area contributed by atoms with Crippen LogP contribution >= 0.6 is 22.7 Å². The second-order valence-electron chi connectivity index (χ2n) is 7.07. The lowest BCUT2D eigenvalue weighted by Crippen LogP contribution is -2.38. The normalized spacial score (nSPS) is 11.9. The predicted octanol–water partition coefficient (Wildman–Crippen LogP) is 4.21. The second kappa shape index (κ2) is 11.8. The van der Waals surface area contributed by atoms with Crippen LogP contribution in [-0.2, 0) is 11.2 Å². The fraction of sp³-hybridized carbons (Fsp3) is 0.348. The largest absolute Gasteiger partial charge is 0.497 e. The van der Waals surface area contributed by atoms with Crippen LogP contribution in [-0.4, -0.2) is 48.4 Å². The Bertz CT molecular complexity index is 1020. The molecule has 1 atom stereocenters. The Labute approximate surface area is 196 Å². The van der Waals surface area contributed by atoms with Gasteiger partial charge in [-0.05, 0) is 42.2 Å². The Kier molecular flexibility index (Phi) is 8.78. The van der Waals surface area contributed by atoms with E-state index in [1.165, 1.54) is 22.7 Å². The quantitative estimate of drug-likeness (QED) is 0.437. The van der Waals surface area contributed by atoms with Gasteiger partial charge in [0.05, 0.1) is 30.1 Å². The highest BCUT2D eigenvalue weighted by atomic mass is 32.1. The molecule has 0 bridgehead atoms. The summed E-state index contributed by atoms with van der Waals surface area (Å²) in [4.78, 5) is 32.1. The minimum absolute atomic E-state index is 0.0418. The highest BCUT2D eigenvalue weighted by Gasteiger charge is 2.20. The van der Waals surface area contributed by atoms with Crippen molar-refractivity contribution in [2.45, 2.75) is 26.3 Å². The smallest absolute Gasteiger partial charge is 0.267 e. The van der Waals surface area contributed by atoms with Crippen LogP contribution < -0.4 is 15.4 Å². The maximum Gasteiger partial charge on any atom is 0.267 e. The number of methoxy groups -OCH3 is 1. The van der Waals surface area contributed by atoms with Crippen molar-refractivity contribution in [3.05, 3.63) is 63.3 Å². The number of thiazole rings is 1. The Morgan fingerprint density at radius 3 is 2.66 bits per heavy atom. The summed E-state index contributed by atoms with van der Waals surface area (Å²) in [5.74, 6) is 0.503. The van der Waals surface area contributed by atoms with Crippen LogP contribution in [0.15, 0.2) is 47.2 Å². The van der Waals surface area contributed by atoms with Gasteiger partial charge in [0.1, 0.15) is 5.75 Å². The van der Waals surface area contributed by atoms with Gasteiger partial charge in [0.25, 0.3) is 5.91 Å². The number of carbonyl (C=O) groups excluding carboxylic acids is 2. The molecule has 3 rings (SSSR count). The lowest BCUT2D eigenvalue weighted by atomic mass is 10.0. The van der Waals surface area contributed by atoms with Crippen LogP contribution in [0.3, 0.4) is 0 Å². The second-order valence-corrected chi connectivity index (χ2v) is 8.88. The summed E-state index contributed by atoms with van der Waals surface area (Å²) in [6.45, 7) is 6.45. The number of likely N-dealkylation sites (N-methyl/N-ethyl adjacent to an activating group) is 1. The number of hydrogen-bond donors (Lipinski definition) is 2. The molecule has 170 valence electrons. The summed E-state index contributed by atoms with van der Waals surface area (Å²) in [6, 6.07) is 11.6. The van der Waals surface area contributed by atoms with Crippen molar-refractivity contribution in [2.24, 2.45) is 0 Å². The molecule has 0 aliphatic heterocycles. The van der Waals surface area contributed by atoms with E-state index in [0.29, 0.717) is 22.2 Å². The van der Waals surface area contributed by atoms with Gasteiger partial charge in [-0.2, -0.15) is 0 Å². The predicted molar refractivity (Wildman–Crippen MR) is 130 cm³/mol. The number of anilines is 1. The first-order chi connectivity index (χ1) is 15.5. The van der Waals surface area contributed by atoms with E-state index in [0.717, 1.165) is 24.4 Å². The molecule has 7 nitrogen and oxygen atoms in total. The Balaban J connectivity index is 1.59. The van der Waals surface area contributed by atoms with Crippen LogP contribution in [0.4, 0.5) is 5.13 Å². The van der Waals surface area contributed by atoms with Crippen LogP contribution in [0.2, 0.25) is 0 Å². The monoisotopic (exact) mass is 472 g/mol. The van der Waals surface area contributed by atoms with Crippen molar-refractivity contribution in [2.75, 3.05) is 32.1 Å². The Morgan fingerprint density at radius 2 is 1.97 bits per heavy atom. The molecule has 3 aromatic rings. The van der Waals surface area contributed by atoms with E-state index in [-0.39, 0.29) is 24.3 Å². The zero-order chi connectivity index (χ0) is 22.9. The number of carbonyl (C=O) groups is 2. The molecule has 0 aliphatic rings. The molecule has 0 spiro atoms. The van der Waals surface area contributed by atoms with Gasteiger partial charge in [-0.25, -0.2) is 4.98 Å². The number of amides is 2. The maximum absolute atomic E-state index is 12.6. The fourth-order valence-corrected chi connectivity index (χ4v) is 4.74. The van der Waals surface area contributed by atoms with Crippen molar-refractivity contribution in [3.8, 4) is 5.75 Å². The molecule has 9 heteroatoms. The topological polar surface area (TPSA) is 83.6 Å². The van der Waals surface area contributed by atoms with Crippen molar-refractivity contribution in [1.29, 1.82) is 0 Å². The maximum atomic E-state index is 12.6. The molecule has 1 unspecified atom stereocenters. The summed E-state index contributed by atoms with van der Waals surface area (Å²) >= 11 is 2.69. The standard InChI is InChI=1S/C23H28N4O3S2/c1-4-27(5-2)19(16-8-6-9-18(12-16)30-3)14-24-21(28)13-17-15-32-23(25-17)26-22(29)20-10-7-11-31-20/h6-12,15,19H,4-5,13-14H2,1-3H3,(H,24,28)(H,25,26,29). The lowest BCUT2D eigenvalue weighted by Gasteiger charge is -2.30. The lowest BCUT2D eigenvalue weighted by molar-refractivity contribution is -0.120. The zero-order valence-corrected chi connectivity index (χ0v) is 20.1. The highest BCUT2D eigenvalue weighted by molar-refractivity contribution is 7.14. The number of rotatable bonds is 11. The zero-order valence-electron chi connectivity index (χ0n) is 18.5. The molecule has 32 heavy (non-hydrogen) atoms. The molecule has 0 saturated carbocycles. The third-order valence-corrected chi connectivity index (χ3v) is 6.76. The fourth-order valence-electron chi connectivity index (χ4n) is 3.42. The van der Waals surface area contributed by atoms with E-state index in [1.807, 2.05) is 29.6 Å². The van der Waals surface area contributed by atoms with Gasteiger partial charge in [0.2, 0.25) is 5.91 Å². The van der Waals surface area contributed by atoms with Gasteiger partial charge >= 0.3 is 0 Å². The molecule has 0 radical (unpaired) electrons. The van der Waals surface area contributed by atoms with Gasteiger partial charge in [-0.15, -0.1) is 22.7 Å². The Morgan fingerprint density at radius 1 is 1.16 bits per heavy atom. The average molecular weight is 473 g/mol. The number of nitrogens with one attached hydrogen (secondary N) is 2. The Hall–Kier alpha value is -2.75. The number of nitrogens with zero attached hydrogens (tertiary/aromatic N) is 2. The van der Waals surface area contributed by atoms with Crippen molar-refractivity contribution in [3.63, 3.8) is 0 Å². The third kappa shape index (κ3) is 6.38. The number of thiophene rings is 1. The number of benzene rings is 1. The highest BCUT2D eigenvalue weighted by Crippen LogP contribution is 2.24.